The molecule has 20 heavy (non-hydrogen) atoms. The van der Waals surface area contributed by atoms with E-state index in [1.54, 1.807) is 0 Å². The molecule has 0 bridgehead atoms. The predicted molar refractivity (Wildman–Crippen MR) is 87.1 cm³/mol. The average Bonchev–Trinajstić information content (AvgIpc) is 2.67. The topological polar surface area (TPSA) is 18.5 Å². The van der Waals surface area contributed by atoms with Crippen molar-refractivity contribution >= 4 is 0 Å². The van der Waals surface area contributed by atoms with Gasteiger partial charge in [-0.05, 0) is 64.2 Å². The molecule has 1 saturated heterocycles. The van der Waals surface area contributed by atoms with E-state index in [1.807, 2.05) is 0 Å². The lowest BCUT2D eigenvalue weighted by Crippen LogP contribution is -2.50. The highest BCUT2D eigenvalue weighted by molar-refractivity contribution is 4.97. The molecule has 0 aromatic heterocycles. The fourth-order valence-corrected chi connectivity index (χ4v) is 4.40. The van der Waals surface area contributed by atoms with Gasteiger partial charge >= 0.3 is 0 Å². The first-order valence-electron chi connectivity index (χ1n) is 8.56. The van der Waals surface area contributed by atoms with Crippen LogP contribution < -0.4 is 5.32 Å². The van der Waals surface area contributed by atoms with Crippen molar-refractivity contribution in [3.05, 3.63) is 0 Å². The summed E-state index contributed by atoms with van der Waals surface area (Å²) in [7, 11) is 4.61. The molecule has 2 fully saturated rings. The van der Waals surface area contributed by atoms with Crippen LogP contribution in [-0.4, -0.2) is 62.2 Å². The second-order valence-corrected chi connectivity index (χ2v) is 7.82. The van der Waals surface area contributed by atoms with Crippen LogP contribution in [0.2, 0.25) is 0 Å². The van der Waals surface area contributed by atoms with Gasteiger partial charge in [0.05, 0.1) is 0 Å². The van der Waals surface area contributed by atoms with Crippen LogP contribution in [0.1, 0.15) is 46.5 Å². The van der Waals surface area contributed by atoms with Crippen molar-refractivity contribution < 1.29 is 0 Å². The van der Waals surface area contributed by atoms with Gasteiger partial charge in [-0.2, -0.15) is 0 Å². The van der Waals surface area contributed by atoms with Crippen molar-refractivity contribution in [3.63, 3.8) is 0 Å². The van der Waals surface area contributed by atoms with Crippen molar-refractivity contribution in [1.29, 1.82) is 0 Å². The molecule has 0 aromatic carbocycles. The quantitative estimate of drug-likeness (QED) is 0.835. The molecular formula is C17H35N3. The smallest absolute Gasteiger partial charge is 0.0220 e. The number of likely N-dealkylation sites (N-methyl/N-ethyl adjacent to an activating group) is 2. The molecule has 1 saturated carbocycles. The number of hydrogen-bond acceptors (Lipinski definition) is 3. The minimum absolute atomic E-state index is 0.463. The second kappa shape index (κ2) is 6.76. The summed E-state index contributed by atoms with van der Waals surface area (Å²) in [6.07, 6.45) is 5.49. The number of nitrogens with one attached hydrogen (secondary N) is 1. The van der Waals surface area contributed by atoms with Crippen molar-refractivity contribution in [2.24, 2.45) is 11.3 Å². The van der Waals surface area contributed by atoms with Crippen molar-refractivity contribution in [2.75, 3.05) is 40.3 Å². The molecule has 2 aliphatic rings. The molecule has 1 aliphatic heterocycles. The molecule has 118 valence electrons. The molecule has 0 radical (unpaired) electrons. The fraction of sp³-hybridized carbons (Fsp3) is 1.00. The van der Waals surface area contributed by atoms with Gasteiger partial charge in [-0.1, -0.05) is 20.8 Å². The standard InChI is InChI=1S/C17H35N3/c1-6-18-16-14(9-10-17(16,2)3)12-20(5)15-8-7-11-19(4)13-15/h14-16,18H,6-13H2,1-5H3. The van der Waals surface area contributed by atoms with Gasteiger partial charge in [0.15, 0.2) is 0 Å². The highest BCUT2D eigenvalue weighted by Crippen LogP contribution is 2.41. The van der Waals surface area contributed by atoms with Crippen LogP contribution in [0.15, 0.2) is 0 Å². The molecule has 0 spiro atoms. The maximum Gasteiger partial charge on any atom is 0.0220 e. The molecule has 0 aromatic rings. The Balaban J connectivity index is 1.91. The molecule has 3 atom stereocenters. The van der Waals surface area contributed by atoms with Gasteiger partial charge in [0, 0.05) is 25.2 Å². The Morgan fingerprint density at radius 3 is 2.70 bits per heavy atom. The van der Waals surface area contributed by atoms with Crippen LogP contribution in [0, 0.1) is 11.3 Å². The Morgan fingerprint density at radius 1 is 1.30 bits per heavy atom. The Labute approximate surface area is 126 Å². The zero-order valence-electron chi connectivity index (χ0n) is 14.3. The summed E-state index contributed by atoms with van der Waals surface area (Å²) in [5.41, 5.74) is 0.463. The third-order valence-electron chi connectivity index (χ3n) is 5.64. The third-order valence-corrected chi connectivity index (χ3v) is 5.64. The summed E-state index contributed by atoms with van der Waals surface area (Å²) in [6, 6.07) is 1.45. The fourth-order valence-electron chi connectivity index (χ4n) is 4.40. The van der Waals surface area contributed by atoms with Crippen LogP contribution in [0.25, 0.3) is 0 Å². The summed E-state index contributed by atoms with van der Waals surface area (Å²) in [6.45, 7) is 12.0. The summed E-state index contributed by atoms with van der Waals surface area (Å²) in [4.78, 5) is 5.14. The van der Waals surface area contributed by atoms with Gasteiger partial charge in [0.25, 0.3) is 0 Å². The summed E-state index contributed by atoms with van der Waals surface area (Å²) >= 11 is 0. The van der Waals surface area contributed by atoms with Gasteiger partial charge in [0.1, 0.15) is 0 Å². The Bertz CT molecular complexity index is 303. The maximum absolute atomic E-state index is 3.76. The lowest BCUT2D eigenvalue weighted by Gasteiger charge is -2.39. The van der Waals surface area contributed by atoms with E-state index in [-0.39, 0.29) is 0 Å². The van der Waals surface area contributed by atoms with Crippen molar-refractivity contribution in [1.82, 2.24) is 15.1 Å². The normalized spacial score (nSPS) is 34.8. The van der Waals surface area contributed by atoms with E-state index in [0.717, 1.165) is 18.5 Å². The van der Waals surface area contributed by atoms with Gasteiger partial charge < -0.3 is 15.1 Å². The Kier molecular flexibility index (Phi) is 5.49. The molecular weight excluding hydrogens is 246 g/mol. The zero-order valence-corrected chi connectivity index (χ0v) is 14.3. The van der Waals surface area contributed by atoms with Crippen LogP contribution in [0.3, 0.4) is 0 Å². The summed E-state index contributed by atoms with van der Waals surface area (Å²) < 4.78 is 0. The molecule has 1 heterocycles. The number of piperidine rings is 1. The lowest BCUT2D eigenvalue weighted by atomic mass is 9.84. The van der Waals surface area contributed by atoms with Crippen molar-refractivity contribution in [3.8, 4) is 0 Å². The summed E-state index contributed by atoms with van der Waals surface area (Å²) in [5, 5.41) is 3.76. The molecule has 3 heteroatoms. The highest BCUT2D eigenvalue weighted by Gasteiger charge is 2.42. The third kappa shape index (κ3) is 3.75. The molecule has 2 rings (SSSR count). The van der Waals surface area contributed by atoms with E-state index >= 15 is 0 Å². The van der Waals surface area contributed by atoms with E-state index in [2.05, 4.69) is 50.0 Å². The molecule has 1 aliphatic carbocycles. The Hall–Kier alpha value is -0.120. The minimum atomic E-state index is 0.463. The van der Waals surface area contributed by atoms with Gasteiger partial charge in [-0.25, -0.2) is 0 Å². The van der Waals surface area contributed by atoms with Gasteiger partial charge in [-0.15, -0.1) is 0 Å². The average molecular weight is 281 g/mol. The first-order valence-corrected chi connectivity index (χ1v) is 8.56. The second-order valence-electron chi connectivity index (χ2n) is 7.82. The van der Waals surface area contributed by atoms with Crippen molar-refractivity contribution in [2.45, 2.75) is 58.5 Å². The van der Waals surface area contributed by atoms with Crippen LogP contribution in [-0.2, 0) is 0 Å². The maximum atomic E-state index is 3.76. The van der Waals surface area contributed by atoms with Crippen LogP contribution in [0.5, 0.6) is 0 Å². The molecule has 0 amide bonds. The minimum Gasteiger partial charge on any atom is -0.313 e. The first kappa shape index (κ1) is 16.3. The van der Waals surface area contributed by atoms with Gasteiger partial charge in [0.2, 0.25) is 0 Å². The predicted octanol–water partition coefficient (Wildman–Crippen LogP) is 2.43. The van der Waals surface area contributed by atoms with E-state index in [9.17, 15) is 0 Å². The number of nitrogens with zero attached hydrogens (tertiary/aromatic N) is 2. The molecule has 3 unspecified atom stereocenters. The first-order chi connectivity index (χ1) is 9.44. The van der Waals surface area contributed by atoms with E-state index in [4.69, 9.17) is 0 Å². The number of hydrogen-bond donors (Lipinski definition) is 1. The Morgan fingerprint density at radius 2 is 2.05 bits per heavy atom. The summed E-state index contributed by atoms with van der Waals surface area (Å²) in [5.74, 6) is 0.821. The van der Waals surface area contributed by atoms with E-state index in [0.29, 0.717) is 11.5 Å². The number of rotatable bonds is 5. The molecule has 3 nitrogen and oxygen atoms in total. The van der Waals surface area contributed by atoms with Gasteiger partial charge in [-0.3, -0.25) is 0 Å². The molecule has 1 N–H and O–H groups in total. The zero-order chi connectivity index (χ0) is 14.8. The largest absolute Gasteiger partial charge is 0.313 e. The van der Waals surface area contributed by atoms with Crippen LogP contribution >= 0.6 is 0 Å². The van der Waals surface area contributed by atoms with E-state index < -0.39 is 0 Å². The lowest BCUT2D eigenvalue weighted by molar-refractivity contribution is 0.110. The number of likely N-dealkylation sites (tertiary alicyclic amines) is 1. The monoisotopic (exact) mass is 281 g/mol. The van der Waals surface area contributed by atoms with E-state index in [1.165, 1.54) is 45.3 Å². The SMILES string of the molecule is CCNC1C(CN(C)C2CCCN(C)C2)CCC1(C)C. The highest BCUT2D eigenvalue weighted by atomic mass is 15.2. The van der Waals surface area contributed by atoms with Crippen LogP contribution in [0.4, 0.5) is 0 Å².